The molecule has 1 aliphatic rings. The van der Waals surface area contributed by atoms with Crippen molar-refractivity contribution in [3.05, 3.63) is 29.8 Å². The van der Waals surface area contributed by atoms with Gasteiger partial charge in [-0.1, -0.05) is 18.2 Å². The van der Waals surface area contributed by atoms with Crippen LogP contribution >= 0.6 is 0 Å². The highest BCUT2D eigenvalue weighted by molar-refractivity contribution is 5.65. The number of benzene rings is 1. The molecule has 5 heteroatoms. The molecule has 2 rings (SSSR count). The van der Waals surface area contributed by atoms with Crippen molar-refractivity contribution >= 4 is 6.09 Å². The molecular weight excluding hydrogens is 232 g/mol. The van der Waals surface area contributed by atoms with E-state index in [4.69, 9.17) is 15.6 Å². The number of carboxylic acid groups (broad SMARTS) is 1. The van der Waals surface area contributed by atoms with Gasteiger partial charge in [-0.25, -0.2) is 4.79 Å². The molecule has 0 saturated carbocycles. The average Bonchev–Trinajstić information content (AvgIpc) is 2.38. The quantitative estimate of drug-likeness (QED) is 0.845. The Morgan fingerprint density at radius 3 is 3.00 bits per heavy atom. The summed E-state index contributed by atoms with van der Waals surface area (Å²) in [7, 11) is 0. The van der Waals surface area contributed by atoms with Gasteiger partial charge in [0.1, 0.15) is 11.9 Å². The Bertz CT molecular complexity index is 422. The fourth-order valence-electron chi connectivity index (χ4n) is 2.18. The lowest BCUT2D eigenvalue weighted by Gasteiger charge is -2.29. The second-order valence-electron chi connectivity index (χ2n) is 4.40. The van der Waals surface area contributed by atoms with Gasteiger partial charge in [0.25, 0.3) is 0 Å². The summed E-state index contributed by atoms with van der Waals surface area (Å²) in [4.78, 5) is 12.3. The van der Waals surface area contributed by atoms with Crippen LogP contribution in [0, 0.1) is 0 Å². The molecule has 5 nitrogen and oxygen atoms in total. The van der Waals surface area contributed by atoms with Gasteiger partial charge >= 0.3 is 6.09 Å². The molecule has 0 aromatic heterocycles. The zero-order chi connectivity index (χ0) is 13.0. The topological polar surface area (TPSA) is 75.8 Å². The number of nitrogens with two attached hydrogens (primary N) is 1. The molecule has 0 radical (unpaired) electrons. The van der Waals surface area contributed by atoms with E-state index in [0.717, 1.165) is 18.6 Å². The number of carbonyl (C=O) groups is 1. The molecule has 1 aromatic rings. The van der Waals surface area contributed by atoms with Crippen molar-refractivity contribution in [3.63, 3.8) is 0 Å². The first kappa shape index (κ1) is 12.7. The van der Waals surface area contributed by atoms with E-state index < -0.39 is 6.09 Å². The molecular formula is C13H18N2O3. The first-order chi connectivity index (χ1) is 8.70. The number of ether oxygens (including phenoxy) is 1. The van der Waals surface area contributed by atoms with Gasteiger partial charge in [0, 0.05) is 13.1 Å². The minimum atomic E-state index is -0.942. The Labute approximate surface area is 106 Å². The van der Waals surface area contributed by atoms with Crippen LogP contribution in [-0.4, -0.2) is 41.8 Å². The van der Waals surface area contributed by atoms with Crippen molar-refractivity contribution in [2.24, 2.45) is 5.73 Å². The van der Waals surface area contributed by atoms with Crippen LogP contribution in [0.25, 0.3) is 0 Å². The van der Waals surface area contributed by atoms with E-state index in [2.05, 4.69) is 0 Å². The number of nitrogens with zero attached hydrogens (tertiary/aromatic N) is 1. The molecule has 0 fully saturated rings. The van der Waals surface area contributed by atoms with Crippen LogP contribution in [-0.2, 0) is 6.42 Å². The number of amides is 1. The average molecular weight is 250 g/mol. The number of aryl methyl sites for hydroxylation is 1. The zero-order valence-corrected chi connectivity index (χ0v) is 10.2. The van der Waals surface area contributed by atoms with Crippen molar-refractivity contribution in [2.45, 2.75) is 18.9 Å². The molecule has 0 aliphatic carbocycles. The van der Waals surface area contributed by atoms with Crippen LogP contribution < -0.4 is 10.5 Å². The van der Waals surface area contributed by atoms with Gasteiger partial charge < -0.3 is 20.5 Å². The van der Waals surface area contributed by atoms with Crippen molar-refractivity contribution in [1.29, 1.82) is 0 Å². The second-order valence-corrected chi connectivity index (χ2v) is 4.40. The molecule has 1 aliphatic heterocycles. The third kappa shape index (κ3) is 2.92. The van der Waals surface area contributed by atoms with E-state index in [-0.39, 0.29) is 6.10 Å². The summed E-state index contributed by atoms with van der Waals surface area (Å²) < 4.78 is 5.81. The maximum Gasteiger partial charge on any atom is 0.407 e. The molecule has 18 heavy (non-hydrogen) atoms. The third-order valence-corrected chi connectivity index (χ3v) is 3.10. The molecule has 1 unspecified atom stereocenters. The largest absolute Gasteiger partial charge is 0.488 e. The molecule has 3 N–H and O–H groups in total. The SMILES string of the molecule is NCCN(CC1CCc2ccccc2O1)C(=O)O. The van der Waals surface area contributed by atoms with Crippen molar-refractivity contribution in [2.75, 3.05) is 19.6 Å². The molecule has 0 spiro atoms. The molecule has 98 valence electrons. The molecule has 0 saturated heterocycles. The summed E-state index contributed by atoms with van der Waals surface area (Å²) in [5, 5.41) is 9.05. The standard InChI is InChI=1S/C13H18N2O3/c14-7-8-15(13(16)17)9-11-6-5-10-3-1-2-4-12(10)18-11/h1-4,11H,5-9,14H2,(H,16,17). The molecule has 0 bridgehead atoms. The summed E-state index contributed by atoms with van der Waals surface area (Å²) >= 11 is 0. The fraction of sp³-hybridized carbons (Fsp3) is 0.462. The van der Waals surface area contributed by atoms with E-state index in [1.807, 2.05) is 24.3 Å². The van der Waals surface area contributed by atoms with Crippen LogP contribution in [0.1, 0.15) is 12.0 Å². The summed E-state index contributed by atoms with van der Waals surface area (Å²) in [5.41, 5.74) is 6.59. The lowest BCUT2D eigenvalue weighted by atomic mass is 10.0. The van der Waals surface area contributed by atoms with Gasteiger partial charge in [0.15, 0.2) is 0 Å². The minimum Gasteiger partial charge on any atom is -0.488 e. The van der Waals surface area contributed by atoms with Crippen LogP contribution in [0.3, 0.4) is 0 Å². The van der Waals surface area contributed by atoms with Gasteiger partial charge in [-0.2, -0.15) is 0 Å². The monoisotopic (exact) mass is 250 g/mol. The van der Waals surface area contributed by atoms with Crippen LogP contribution in [0.5, 0.6) is 5.75 Å². The Morgan fingerprint density at radius 2 is 2.28 bits per heavy atom. The van der Waals surface area contributed by atoms with Crippen LogP contribution in [0.2, 0.25) is 0 Å². The van der Waals surface area contributed by atoms with Crippen molar-refractivity contribution < 1.29 is 14.6 Å². The van der Waals surface area contributed by atoms with Crippen molar-refractivity contribution in [3.8, 4) is 5.75 Å². The Hall–Kier alpha value is -1.75. The highest BCUT2D eigenvalue weighted by Crippen LogP contribution is 2.27. The van der Waals surface area contributed by atoms with E-state index >= 15 is 0 Å². The number of para-hydroxylation sites is 1. The van der Waals surface area contributed by atoms with Crippen molar-refractivity contribution in [1.82, 2.24) is 4.90 Å². The number of hydrogen-bond acceptors (Lipinski definition) is 3. The summed E-state index contributed by atoms with van der Waals surface area (Å²) in [6.45, 7) is 1.05. The number of rotatable bonds is 4. The summed E-state index contributed by atoms with van der Waals surface area (Å²) in [5.74, 6) is 0.867. The summed E-state index contributed by atoms with van der Waals surface area (Å²) in [6.07, 6.45) is 0.743. The number of fused-ring (bicyclic) bond motifs is 1. The van der Waals surface area contributed by atoms with Gasteiger partial charge in [0.2, 0.25) is 0 Å². The Morgan fingerprint density at radius 1 is 1.50 bits per heavy atom. The second kappa shape index (κ2) is 5.73. The van der Waals surface area contributed by atoms with E-state index in [0.29, 0.717) is 19.6 Å². The molecule has 1 heterocycles. The number of hydrogen-bond donors (Lipinski definition) is 2. The molecule has 1 atom stereocenters. The highest BCUT2D eigenvalue weighted by atomic mass is 16.5. The Balaban J connectivity index is 1.98. The fourth-order valence-corrected chi connectivity index (χ4v) is 2.18. The smallest absolute Gasteiger partial charge is 0.407 e. The van der Waals surface area contributed by atoms with E-state index in [1.165, 1.54) is 10.5 Å². The van der Waals surface area contributed by atoms with Gasteiger partial charge in [-0.15, -0.1) is 0 Å². The Kier molecular flexibility index (Phi) is 4.04. The lowest BCUT2D eigenvalue weighted by Crippen LogP contribution is -2.42. The van der Waals surface area contributed by atoms with E-state index in [1.54, 1.807) is 0 Å². The third-order valence-electron chi connectivity index (χ3n) is 3.10. The maximum absolute atomic E-state index is 11.0. The minimum absolute atomic E-state index is 0.0810. The van der Waals surface area contributed by atoms with E-state index in [9.17, 15) is 4.79 Å². The van der Waals surface area contributed by atoms with Crippen LogP contribution in [0.4, 0.5) is 4.79 Å². The molecule has 1 aromatic carbocycles. The lowest BCUT2D eigenvalue weighted by molar-refractivity contribution is 0.0995. The van der Waals surface area contributed by atoms with Gasteiger partial charge in [-0.3, -0.25) is 0 Å². The first-order valence-electron chi connectivity index (χ1n) is 6.13. The normalized spacial score (nSPS) is 17.7. The van der Waals surface area contributed by atoms with Gasteiger partial charge in [-0.05, 0) is 24.5 Å². The first-order valence-corrected chi connectivity index (χ1v) is 6.13. The highest BCUT2D eigenvalue weighted by Gasteiger charge is 2.23. The molecule has 1 amide bonds. The predicted octanol–water partition coefficient (Wildman–Crippen LogP) is 1.32. The van der Waals surface area contributed by atoms with Gasteiger partial charge in [0.05, 0.1) is 6.54 Å². The predicted molar refractivity (Wildman–Crippen MR) is 67.8 cm³/mol. The summed E-state index contributed by atoms with van der Waals surface area (Å²) in [6, 6.07) is 7.88. The zero-order valence-electron chi connectivity index (χ0n) is 10.2. The van der Waals surface area contributed by atoms with Crippen LogP contribution in [0.15, 0.2) is 24.3 Å². The maximum atomic E-state index is 11.0.